The number of nitrogens with zero attached hydrogens (tertiary/aromatic N) is 1. The van der Waals surface area contributed by atoms with Crippen LogP contribution in [0, 0.1) is 0 Å². The molecule has 0 radical (unpaired) electrons. The van der Waals surface area contributed by atoms with Crippen LogP contribution in [0.1, 0.15) is 25.5 Å². The Balaban J connectivity index is 3.08. The smallest absolute Gasteiger partial charge is 0.318 e. The summed E-state index contributed by atoms with van der Waals surface area (Å²) in [5, 5.41) is 8.83. The molecule has 0 bridgehead atoms. The van der Waals surface area contributed by atoms with Crippen molar-refractivity contribution < 1.29 is 18.3 Å². The molecular formula is C12H17NO4S. The van der Waals surface area contributed by atoms with Crippen LogP contribution in [0.25, 0.3) is 0 Å². The first-order chi connectivity index (χ1) is 8.38. The number of hydrogen-bond donors (Lipinski definition) is 1. The van der Waals surface area contributed by atoms with E-state index < -0.39 is 28.6 Å². The highest BCUT2D eigenvalue weighted by molar-refractivity contribution is 7.89. The molecule has 0 saturated carbocycles. The average Bonchev–Trinajstić information content (AvgIpc) is 2.36. The SMILES string of the molecule is CCS(=O)(=O)N(CC(=O)O)C(C)c1ccccc1. The third-order valence-corrected chi connectivity index (χ3v) is 4.62. The van der Waals surface area contributed by atoms with Gasteiger partial charge >= 0.3 is 5.97 Å². The topological polar surface area (TPSA) is 74.7 Å². The highest BCUT2D eigenvalue weighted by Gasteiger charge is 2.28. The van der Waals surface area contributed by atoms with E-state index in [1.807, 2.05) is 6.07 Å². The van der Waals surface area contributed by atoms with Gasteiger partial charge in [0.25, 0.3) is 0 Å². The van der Waals surface area contributed by atoms with Crippen LogP contribution in [0.4, 0.5) is 0 Å². The van der Waals surface area contributed by atoms with Crippen LogP contribution in [0.5, 0.6) is 0 Å². The van der Waals surface area contributed by atoms with E-state index in [9.17, 15) is 13.2 Å². The zero-order valence-electron chi connectivity index (χ0n) is 10.4. The fraction of sp³-hybridized carbons (Fsp3) is 0.417. The van der Waals surface area contributed by atoms with Crippen LogP contribution in [-0.2, 0) is 14.8 Å². The third-order valence-electron chi connectivity index (χ3n) is 2.73. The van der Waals surface area contributed by atoms with E-state index in [0.29, 0.717) is 0 Å². The van der Waals surface area contributed by atoms with Gasteiger partial charge in [-0.25, -0.2) is 8.42 Å². The molecule has 0 aromatic heterocycles. The second-order valence-corrected chi connectivity index (χ2v) is 6.14. The van der Waals surface area contributed by atoms with Gasteiger partial charge in [0.05, 0.1) is 5.75 Å². The molecule has 0 amide bonds. The fourth-order valence-corrected chi connectivity index (χ4v) is 2.92. The van der Waals surface area contributed by atoms with Gasteiger partial charge in [-0.3, -0.25) is 4.79 Å². The van der Waals surface area contributed by atoms with Gasteiger partial charge in [-0.15, -0.1) is 0 Å². The molecule has 1 atom stereocenters. The van der Waals surface area contributed by atoms with E-state index >= 15 is 0 Å². The van der Waals surface area contributed by atoms with Crippen LogP contribution >= 0.6 is 0 Å². The van der Waals surface area contributed by atoms with E-state index in [1.54, 1.807) is 31.2 Å². The molecule has 1 rings (SSSR count). The maximum absolute atomic E-state index is 11.9. The van der Waals surface area contributed by atoms with E-state index in [1.165, 1.54) is 6.92 Å². The van der Waals surface area contributed by atoms with Crippen molar-refractivity contribution in [2.24, 2.45) is 0 Å². The predicted octanol–water partition coefficient (Wildman–Crippen LogP) is 1.48. The second kappa shape index (κ2) is 5.97. The van der Waals surface area contributed by atoms with Crippen molar-refractivity contribution >= 4 is 16.0 Å². The first kappa shape index (κ1) is 14.7. The Morgan fingerprint density at radius 1 is 1.33 bits per heavy atom. The molecule has 1 aromatic rings. The maximum atomic E-state index is 11.9. The van der Waals surface area contributed by atoms with E-state index in [0.717, 1.165) is 9.87 Å². The van der Waals surface area contributed by atoms with Crippen LogP contribution < -0.4 is 0 Å². The molecule has 5 nitrogen and oxygen atoms in total. The van der Waals surface area contributed by atoms with Gasteiger partial charge in [-0.2, -0.15) is 4.31 Å². The lowest BCUT2D eigenvalue weighted by Gasteiger charge is -2.26. The lowest BCUT2D eigenvalue weighted by atomic mass is 10.1. The van der Waals surface area contributed by atoms with E-state index in [4.69, 9.17) is 5.11 Å². The number of carboxylic acids is 1. The van der Waals surface area contributed by atoms with E-state index in [2.05, 4.69) is 0 Å². The molecule has 100 valence electrons. The fourth-order valence-electron chi connectivity index (χ4n) is 1.67. The zero-order valence-corrected chi connectivity index (χ0v) is 11.2. The average molecular weight is 271 g/mol. The van der Waals surface area contributed by atoms with Gasteiger partial charge in [0, 0.05) is 6.04 Å². The van der Waals surface area contributed by atoms with Gasteiger partial charge in [-0.1, -0.05) is 30.3 Å². The summed E-state index contributed by atoms with van der Waals surface area (Å²) < 4.78 is 24.8. The van der Waals surface area contributed by atoms with Crippen LogP contribution in [0.3, 0.4) is 0 Å². The lowest BCUT2D eigenvalue weighted by Crippen LogP contribution is -2.38. The number of benzene rings is 1. The summed E-state index contributed by atoms with van der Waals surface area (Å²) >= 11 is 0. The number of carbonyl (C=O) groups is 1. The number of carboxylic acid groups (broad SMARTS) is 1. The van der Waals surface area contributed by atoms with Crippen molar-refractivity contribution in [2.75, 3.05) is 12.3 Å². The Bertz CT molecular complexity index is 498. The van der Waals surface area contributed by atoms with Crippen molar-refractivity contribution in [3.63, 3.8) is 0 Å². The number of sulfonamides is 1. The summed E-state index contributed by atoms with van der Waals surface area (Å²) in [5.41, 5.74) is 0.774. The van der Waals surface area contributed by atoms with Crippen LogP contribution in [0.15, 0.2) is 30.3 Å². The van der Waals surface area contributed by atoms with Crippen molar-refractivity contribution in [1.29, 1.82) is 0 Å². The summed E-state index contributed by atoms with van der Waals surface area (Å²) in [6, 6.07) is 8.49. The monoisotopic (exact) mass is 271 g/mol. The largest absolute Gasteiger partial charge is 0.480 e. The highest BCUT2D eigenvalue weighted by Crippen LogP contribution is 2.22. The minimum atomic E-state index is -3.55. The number of rotatable bonds is 6. The molecule has 1 aromatic carbocycles. The normalized spacial score (nSPS) is 13.5. The van der Waals surface area contributed by atoms with Crippen LogP contribution in [0.2, 0.25) is 0 Å². The Labute approximate surface area is 107 Å². The number of hydrogen-bond acceptors (Lipinski definition) is 3. The van der Waals surface area contributed by atoms with Crippen LogP contribution in [-0.4, -0.2) is 36.1 Å². The molecule has 0 aliphatic rings. The quantitative estimate of drug-likeness (QED) is 0.850. The molecular weight excluding hydrogens is 254 g/mol. The molecule has 0 fully saturated rings. The second-order valence-electron chi connectivity index (χ2n) is 3.93. The van der Waals surface area contributed by atoms with Gasteiger partial charge < -0.3 is 5.11 Å². The Morgan fingerprint density at radius 3 is 2.33 bits per heavy atom. The van der Waals surface area contributed by atoms with E-state index in [-0.39, 0.29) is 5.75 Å². The van der Waals surface area contributed by atoms with Crippen molar-refractivity contribution in [3.8, 4) is 0 Å². The predicted molar refractivity (Wildman–Crippen MR) is 68.7 cm³/mol. The van der Waals surface area contributed by atoms with Gasteiger partial charge in [0.1, 0.15) is 6.54 Å². The molecule has 0 heterocycles. The van der Waals surface area contributed by atoms with Crippen molar-refractivity contribution in [2.45, 2.75) is 19.9 Å². The summed E-state index contributed by atoms with van der Waals surface area (Å²) in [6.07, 6.45) is 0. The molecule has 0 aliphatic heterocycles. The molecule has 0 spiro atoms. The van der Waals surface area contributed by atoms with Crippen molar-refractivity contribution in [3.05, 3.63) is 35.9 Å². The zero-order chi connectivity index (χ0) is 13.8. The Hall–Kier alpha value is -1.40. The molecule has 6 heteroatoms. The molecule has 18 heavy (non-hydrogen) atoms. The van der Waals surface area contributed by atoms with Gasteiger partial charge in [-0.05, 0) is 19.4 Å². The first-order valence-electron chi connectivity index (χ1n) is 5.64. The summed E-state index contributed by atoms with van der Waals surface area (Å²) in [4.78, 5) is 10.8. The minimum Gasteiger partial charge on any atom is -0.480 e. The summed E-state index contributed by atoms with van der Waals surface area (Å²) in [6.45, 7) is 2.67. The molecule has 1 unspecified atom stereocenters. The van der Waals surface area contributed by atoms with Gasteiger partial charge in [0.15, 0.2) is 0 Å². The lowest BCUT2D eigenvalue weighted by molar-refractivity contribution is -0.137. The summed E-state index contributed by atoms with van der Waals surface area (Å²) in [7, 11) is -3.55. The van der Waals surface area contributed by atoms with Gasteiger partial charge in [0.2, 0.25) is 10.0 Å². The summed E-state index contributed by atoms with van der Waals surface area (Å²) in [5.74, 6) is -1.27. The molecule has 1 N–H and O–H groups in total. The highest BCUT2D eigenvalue weighted by atomic mass is 32.2. The minimum absolute atomic E-state index is 0.114. The standard InChI is InChI=1S/C12H17NO4S/c1-3-18(16,17)13(9-12(14)15)10(2)11-7-5-4-6-8-11/h4-8,10H,3,9H2,1-2H3,(H,14,15). The molecule has 0 saturated heterocycles. The molecule has 0 aliphatic carbocycles. The third kappa shape index (κ3) is 3.54. The Morgan fingerprint density at radius 2 is 1.89 bits per heavy atom. The first-order valence-corrected chi connectivity index (χ1v) is 7.25. The maximum Gasteiger partial charge on any atom is 0.318 e. The van der Waals surface area contributed by atoms with Crippen molar-refractivity contribution in [1.82, 2.24) is 4.31 Å². The number of aliphatic carboxylic acids is 1. The Kier molecular flexibility index (Phi) is 4.86.